The quantitative estimate of drug-likeness (QED) is 0.219. The number of para-hydroxylation sites is 2. The Morgan fingerprint density at radius 2 is 1.31 bits per heavy atom. The molecule has 0 radical (unpaired) electrons. The van der Waals surface area contributed by atoms with Gasteiger partial charge < -0.3 is 0 Å². The van der Waals surface area contributed by atoms with Crippen molar-refractivity contribution in [3.63, 3.8) is 0 Å². The Kier molecular flexibility index (Phi) is 3.49. The van der Waals surface area contributed by atoms with Gasteiger partial charge in [0.2, 0.25) is 5.95 Å². The van der Waals surface area contributed by atoms with Gasteiger partial charge in [0.05, 0.1) is 43.2 Å². The highest BCUT2D eigenvalue weighted by Gasteiger charge is 2.21. The third-order valence-electron chi connectivity index (χ3n) is 7.32. The maximum atomic E-state index is 8.74. The van der Waals surface area contributed by atoms with E-state index in [1.54, 1.807) is 22.7 Å². The summed E-state index contributed by atoms with van der Waals surface area (Å²) in [6, 6.07) is 26.7. The highest BCUT2D eigenvalue weighted by molar-refractivity contribution is 7.37. The highest BCUT2D eigenvalue weighted by Crippen LogP contribution is 2.48. The van der Waals surface area contributed by atoms with Crippen LogP contribution in [0.25, 0.3) is 79.5 Å². The molecule has 182 valence electrons. The molecule has 3 nitrogen and oxygen atoms in total. The maximum absolute atomic E-state index is 8.74. The van der Waals surface area contributed by atoms with Crippen LogP contribution in [0, 0.1) is 0 Å². The molecule has 0 fully saturated rings. The molecule has 0 N–H and O–H groups in total. The fourth-order valence-corrected chi connectivity index (χ4v) is 8.42. The molecular formula is C34H19N3S2. The van der Waals surface area contributed by atoms with Crippen molar-refractivity contribution in [1.82, 2.24) is 14.5 Å². The Morgan fingerprint density at radius 1 is 0.590 bits per heavy atom. The molecule has 0 aliphatic carbocycles. The van der Waals surface area contributed by atoms with E-state index in [1.165, 1.54) is 24.9 Å². The number of hydrogen-bond acceptors (Lipinski definition) is 4. The van der Waals surface area contributed by atoms with Gasteiger partial charge in [0.1, 0.15) is 0 Å². The summed E-state index contributed by atoms with van der Waals surface area (Å²) in [5, 5.41) is 5.17. The molecule has 9 aromatic rings. The molecule has 0 unspecified atom stereocenters. The Bertz CT molecular complexity index is 2660. The molecule has 9 rings (SSSR count). The second kappa shape index (κ2) is 7.96. The molecular weight excluding hydrogens is 515 g/mol. The molecule has 4 heterocycles. The smallest absolute Gasteiger partial charge is 0.235 e. The van der Waals surface area contributed by atoms with Gasteiger partial charge in [-0.15, -0.1) is 22.7 Å². The minimum absolute atomic E-state index is 0.0601. The van der Waals surface area contributed by atoms with Gasteiger partial charge in [0.25, 0.3) is 0 Å². The summed E-state index contributed by atoms with van der Waals surface area (Å²) < 4.78 is 49.2. The average molecular weight is 539 g/mol. The molecule has 0 aliphatic rings. The first-order valence-electron chi connectivity index (χ1n) is 15.0. The van der Waals surface area contributed by atoms with Gasteiger partial charge in [-0.05, 0) is 18.2 Å². The van der Waals surface area contributed by atoms with Crippen LogP contribution in [-0.4, -0.2) is 14.5 Å². The maximum Gasteiger partial charge on any atom is 0.235 e. The number of hydrogen-bond donors (Lipinski definition) is 0. The van der Waals surface area contributed by atoms with E-state index in [4.69, 9.17) is 16.8 Å². The van der Waals surface area contributed by atoms with Crippen LogP contribution < -0.4 is 0 Å². The Labute approximate surface area is 238 Å². The van der Waals surface area contributed by atoms with Gasteiger partial charge in [0.15, 0.2) is 0 Å². The van der Waals surface area contributed by atoms with Crippen LogP contribution in [0.3, 0.4) is 0 Å². The molecule has 0 aliphatic heterocycles. The molecule has 0 atom stereocenters. The Morgan fingerprint density at radius 3 is 2.21 bits per heavy atom. The largest absolute Gasteiger partial charge is 0.276 e. The van der Waals surface area contributed by atoms with E-state index in [0.717, 1.165) is 26.5 Å². The van der Waals surface area contributed by atoms with E-state index in [2.05, 4.69) is 53.1 Å². The van der Waals surface area contributed by atoms with Crippen LogP contribution in [0.1, 0.15) is 6.85 Å². The van der Waals surface area contributed by atoms with Crippen LogP contribution >= 0.6 is 22.7 Å². The molecule has 0 saturated carbocycles. The lowest BCUT2D eigenvalue weighted by atomic mass is 10.1. The average Bonchev–Trinajstić information content (AvgIpc) is 3.71. The molecule has 0 spiro atoms. The van der Waals surface area contributed by atoms with Crippen molar-refractivity contribution >= 4 is 85.0 Å². The summed E-state index contributed by atoms with van der Waals surface area (Å²) in [7, 11) is 0. The van der Waals surface area contributed by atoms with Crippen LogP contribution in [0.4, 0.5) is 0 Å². The van der Waals surface area contributed by atoms with E-state index >= 15 is 0 Å². The summed E-state index contributed by atoms with van der Waals surface area (Å²) in [4.78, 5) is 10.1. The van der Waals surface area contributed by atoms with E-state index < -0.39 is 18.1 Å². The number of rotatable bonds is 2. The minimum atomic E-state index is -0.433. The lowest BCUT2D eigenvalue weighted by molar-refractivity contribution is 1.02. The molecule has 5 aromatic carbocycles. The predicted molar refractivity (Wildman–Crippen MR) is 168 cm³/mol. The molecule has 4 aromatic heterocycles. The number of nitrogens with zero attached hydrogens (tertiary/aromatic N) is 3. The van der Waals surface area contributed by atoms with Gasteiger partial charge in [-0.2, -0.15) is 0 Å². The summed E-state index contributed by atoms with van der Waals surface area (Å²) in [5.41, 5.74) is 2.90. The van der Waals surface area contributed by atoms with E-state index in [0.29, 0.717) is 22.5 Å². The van der Waals surface area contributed by atoms with E-state index in [-0.39, 0.29) is 17.6 Å². The normalized spacial score (nSPS) is 13.9. The van der Waals surface area contributed by atoms with Crippen molar-refractivity contribution in [1.29, 1.82) is 0 Å². The zero-order valence-corrected chi connectivity index (χ0v) is 21.9. The zero-order valence-electron chi connectivity index (χ0n) is 25.2. The van der Waals surface area contributed by atoms with Crippen molar-refractivity contribution in [2.75, 3.05) is 0 Å². The fraction of sp³-hybridized carbons (Fsp3) is 0. The SMILES string of the molecule is [2H]c1c([2H])c([2H])c(-c2nc(-n3c4ccccc4c4ccc5c6sc7ccccc7c6sc5c43)nc3ccccc23)c([2H])c1[2H]. The van der Waals surface area contributed by atoms with Gasteiger partial charge in [-0.25, -0.2) is 9.97 Å². The summed E-state index contributed by atoms with van der Waals surface area (Å²) in [5.74, 6) is 0.380. The number of aromatic nitrogens is 3. The zero-order chi connectivity index (χ0) is 29.9. The second-order valence-corrected chi connectivity index (χ2v) is 11.5. The van der Waals surface area contributed by atoms with Crippen molar-refractivity contribution < 1.29 is 6.85 Å². The van der Waals surface area contributed by atoms with E-state index in [9.17, 15) is 0 Å². The van der Waals surface area contributed by atoms with E-state index in [1.807, 2.05) is 36.4 Å². The molecule has 5 heteroatoms. The molecule has 0 amide bonds. The standard InChI is InChI=1S/C34H19N3S2/c1-2-10-20(11-3-1)29-23-13-4-7-15-26(23)35-34(36-29)37-27-16-8-5-12-21(27)22-18-19-25-31(30(22)37)39-32-24-14-6-9-17-28(24)38-33(25)32/h1-19H/i1D,2D,3D,10D,11D. The van der Waals surface area contributed by atoms with Gasteiger partial charge in [-0.3, -0.25) is 4.57 Å². The summed E-state index contributed by atoms with van der Waals surface area (Å²) in [6.45, 7) is 0. The molecule has 0 saturated heterocycles. The van der Waals surface area contributed by atoms with Crippen molar-refractivity contribution in [3.8, 4) is 17.2 Å². The number of benzene rings is 5. The van der Waals surface area contributed by atoms with Gasteiger partial charge in [0, 0.05) is 37.2 Å². The first-order chi connectivity index (χ1) is 21.4. The van der Waals surface area contributed by atoms with Crippen molar-refractivity contribution in [2.24, 2.45) is 0 Å². The topological polar surface area (TPSA) is 30.7 Å². The van der Waals surface area contributed by atoms with Crippen molar-refractivity contribution in [3.05, 3.63) is 115 Å². The summed E-state index contributed by atoms with van der Waals surface area (Å²) in [6.07, 6.45) is 0. The lowest BCUT2D eigenvalue weighted by Crippen LogP contribution is -2.03. The van der Waals surface area contributed by atoms with Crippen molar-refractivity contribution in [2.45, 2.75) is 0 Å². The third-order valence-corrected chi connectivity index (χ3v) is 9.90. The fourth-order valence-electron chi connectivity index (χ4n) is 5.64. The summed E-state index contributed by atoms with van der Waals surface area (Å²) >= 11 is 3.57. The minimum Gasteiger partial charge on any atom is -0.276 e. The van der Waals surface area contributed by atoms with Crippen LogP contribution in [-0.2, 0) is 0 Å². The molecule has 39 heavy (non-hydrogen) atoms. The second-order valence-electron chi connectivity index (χ2n) is 9.44. The first-order valence-corrected chi connectivity index (χ1v) is 14.2. The lowest BCUT2D eigenvalue weighted by Gasteiger charge is -2.12. The Balaban J connectivity index is 1.45. The van der Waals surface area contributed by atoms with Gasteiger partial charge >= 0.3 is 0 Å². The van der Waals surface area contributed by atoms with Crippen LogP contribution in [0.15, 0.2) is 115 Å². The number of fused-ring (bicyclic) bond motifs is 10. The third kappa shape index (κ3) is 2.97. The van der Waals surface area contributed by atoms with Crippen LogP contribution in [0.2, 0.25) is 0 Å². The first kappa shape index (κ1) is 17.1. The molecule has 0 bridgehead atoms. The Hall–Kier alpha value is -4.58. The predicted octanol–water partition coefficient (Wildman–Crippen LogP) is 9.98. The number of thiophene rings is 2. The monoisotopic (exact) mass is 538 g/mol. The highest BCUT2D eigenvalue weighted by atomic mass is 32.1. The van der Waals surface area contributed by atoms with Gasteiger partial charge in [-0.1, -0.05) is 96.9 Å². The van der Waals surface area contributed by atoms with Crippen LogP contribution in [0.5, 0.6) is 0 Å².